The molecule has 0 aliphatic rings. The molecule has 0 spiro atoms. The van der Waals surface area contributed by atoms with E-state index in [-0.39, 0.29) is 6.61 Å². The first kappa shape index (κ1) is 19.0. The number of hydrogen-bond donors (Lipinski definition) is 0. The third-order valence-electron chi connectivity index (χ3n) is 2.76. The first-order valence-electron chi connectivity index (χ1n) is 7.49. The zero-order chi connectivity index (χ0) is 14.4. The van der Waals surface area contributed by atoms with Crippen molar-refractivity contribution in [2.45, 2.75) is 64.8 Å². The van der Waals surface area contributed by atoms with E-state index >= 15 is 0 Å². The van der Waals surface area contributed by atoms with Gasteiger partial charge in [0.15, 0.2) is 0 Å². The summed E-state index contributed by atoms with van der Waals surface area (Å²) in [6.07, 6.45) is 6.06. The predicted molar refractivity (Wildman–Crippen MR) is 79.2 cm³/mol. The second kappa shape index (κ2) is 13.0. The Labute approximate surface area is 119 Å². The molecule has 0 aromatic carbocycles. The second-order valence-electron chi connectivity index (χ2n) is 4.67. The molecule has 0 aromatic rings. The van der Waals surface area contributed by atoms with Crippen LogP contribution in [0.4, 0.5) is 0 Å². The lowest BCUT2D eigenvalue weighted by Crippen LogP contribution is -2.36. The van der Waals surface area contributed by atoms with Crippen LogP contribution in [-0.2, 0) is 18.8 Å². The fourth-order valence-corrected chi connectivity index (χ4v) is 1.91. The maximum Gasteiger partial charge on any atom is 0.396 e. The predicted octanol–water partition coefficient (Wildman–Crippen LogP) is 4.11. The molecular weight excluding hydrogens is 263 g/mol. The Hall–Kier alpha value is -0.0200. The Balaban J connectivity index is 4.24. The Bertz CT molecular complexity index is 202. The maximum absolute atomic E-state index is 11.5. The minimum absolute atomic E-state index is 0.252. The summed E-state index contributed by atoms with van der Waals surface area (Å²) >= 11 is 0. The van der Waals surface area contributed by atoms with E-state index in [9.17, 15) is 4.57 Å². The third-order valence-corrected chi connectivity index (χ3v) is 3.50. The molecule has 0 aromatic heterocycles. The molecular formula is C14H30O4P+. The molecule has 0 amide bonds. The minimum atomic E-state index is -1.06. The maximum atomic E-state index is 11.5. The van der Waals surface area contributed by atoms with Crippen LogP contribution in [0.15, 0.2) is 0 Å². The van der Waals surface area contributed by atoms with Gasteiger partial charge in [0, 0.05) is 6.61 Å². The number of ether oxygens (including phenoxy) is 3. The molecule has 19 heavy (non-hydrogen) atoms. The molecule has 0 N–H and O–H groups in total. The molecule has 0 saturated heterocycles. The lowest BCUT2D eigenvalue weighted by Gasteiger charge is -2.21. The number of unbranched alkanes of at least 4 members (excludes halogenated alkanes) is 3. The van der Waals surface area contributed by atoms with Crippen LogP contribution in [0.1, 0.15) is 59.3 Å². The van der Waals surface area contributed by atoms with Crippen molar-refractivity contribution >= 4 is 8.46 Å². The highest BCUT2D eigenvalue weighted by atomic mass is 31.1. The fraction of sp³-hybridized carbons (Fsp3) is 1.00. The zero-order valence-corrected chi connectivity index (χ0v) is 13.7. The van der Waals surface area contributed by atoms with Gasteiger partial charge in [-0.15, -0.1) is 0 Å². The summed E-state index contributed by atoms with van der Waals surface area (Å²) in [6, 6.07) is 0. The summed E-state index contributed by atoms with van der Waals surface area (Å²) in [4.78, 5) is 0. The van der Waals surface area contributed by atoms with Crippen molar-refractivity contribution in [3.05, 3.63) is 0 Å². The van der Waals surface area contributed by atoms with Gasteiger partial charge in [-0.2, -0.15) is 0 Å². The molecule has 0 rings (SSSR count). The molecule has 0 aliphatic carbocycles. The number of hydrogen-bond acceptors (Lipinski definition) is 4. The summed E-state index contributed by atoms with van der Waals surface area (Å²) in [6.45, 7) is 8.35. The van der Waals surface area contributed by atoms with Gasteiger partial charge in [-0.05, 0) is 19.3 Å². The minimum Gasteiger partial charge on any atom is -0.371 e. The molecule has 0 radical (unpaired) electrons. The molecule has 0 bridgehead atoms. The Morgan fingerprint density at radius 1 is 0.842 bits per heavy atom. The van der Waals surface area contributed by atoms with Crippen LogP contribution in [0.3, 0.4) is 0 Å². The second-order valence-corrected chi connectivity index (χ2v) is 5.63. The average molecular weight is 293 g/mol. The summed E-state index contributed by atoms with van der Waals surface area (Å²) in [7, 11) is -0.666. The van der Waals surface area contributed by atoms with Crippen molar-refractivity contribution in [1.29, 1.82) is 0 Å². The molecule has 0 saturated carbocycles. The molecule has 114 valence electrons. The van der Waals surface area contributed by atoms with Crippen molar-refractivity contribution in [2.75, 3.05) is 26.4 Å². The van der Waals surface area contributed by atoms with Crippen LogP contribution in [0.25, 0.3) is 0 Å². The average Bonchev–Trinajstić information content (AvgIpc) is 2.43. The first-order valence-corrected chi connectivity index (χ1v) is 8.40. The SMILES string of the molecule is CCCCOCC(OCCCC)(OCCCC)[PH+]=O. The van der Waals surface area contributed by atoms with E-state index in [4.69, 9.17) is 14.2 Å². The Morgan fingerprint density at radius 2 is 1.32 bits per heavy atom. The topological polar surface area (TPSA) is 44.8 Å². The smallest absolute Gasteiger partial charge is 0.371 e. The van der Waals surface area contributed by atoms with E-state index < -0.39 is 14.0 Å². The van der Waals surface area contributed by atoms with Crippen molar-refractivity contribution in [3.63, 3.8) is 0 Å². The van der Waals surface area contributed by atoms with Gasteiger partial charge in [-0.3, -0.25) is 0 Å². The van der Waals surface area contributed by atoms with Crippen LogP contribution in [0.5, 0.6) is 0 Å². The quantitative estimate of drug-likeness (QED) is 0.274. The van der Waals surface area contributed by atoms with E-state index in [1.54, 1.807) is 0 Å². The molecule has 0 heterocycles. The van der Waals surface area contributed by atoms with Crippen LogP contribution >= 0.6 is 8.46 Å². The van der Waals surface area contributed by atoms with Gasteiger partial charge in [0.2, 0.25) is 0 Å². The molecule has 5 heteroatoms. The molecule has 0 fully saturated rings. The van der Waals surface area contributed by atoms with E-state index in [0.717, 1.165) is 38.5 Å². The normalized spacial score (nSPS) is 12.2. The monoisotopic (exact) mass is 293 g/mol. The summed E-state index contributed by atoms with van der Waals surface area (Å²) < 4.78 is 28.4. The highest BCUT2D eigenvalue weighted by Gasteiger charge is 2.42. The van der Waals surface area contributed by atoms with Crippen molar-refractivity contribution in [3.8, 4) is 0 Å². The molecule has 0 aliphatic heterocycles. The molecule has 1 unspecified atom stereocenters. The summed E-state index contributed by atoms with van der Waals surface area (Å²) in [5.41, 5.74) is -1.06. The largest absolute Gasteiger partial charge is 0.396 e. The van der Waals surface area contributed by atoms with Gasteiger partial charge in [-0.25, -0.2) is 0 Å². The van der Waals surface area contributed by atoms with Gasteiger partial charge < -0.3 is 14.2 Å². The van der Waals surface area contributed by atoms with Crippen LogP contribution in [0.2, 0.25) is 0 Å². The highest BCUT2D eigenvalue weighted by Crippen LogP contribution is 2.28. The molecule has 4 nitrogen and oxygen atoms in total. The third kappa shape index (κ3) is 9.50. The van der Waals surface area contributed by atoms with Crippen LogP contribution in [-0.4, -0.2) is 32.0 Å². The lowest BCUT2D eigenvalue weighted by molar-refractivity contribution is -0.204. The van der Waals surface area contributed by atoms with E-state index in [0.29, 0.717) is 19.8 Å². The van der Waals surface area contributed by atoms with Gasteiger partial charge in [0.1, 0.15) is 6.61 Å². The zero-order valence-electron chi connectivity index (χ0n) is 12.7. The van der Waals surface area contributed by atoms with Crippen LogP contribution in [0, 0.1) is 0 Å². The van der Waals surface area contributed by atoms with Crippen molar-refractivity contribution < 1.29 is 18.8 Å². The Morgan fingerprint density at radius 3 is 1.74 bits per heavy atom. The van der Waals surface area contributed by atoms with Gasteiger partial charge in [0.05, 0.1) is 13.2 Å². The van der Waals surface area contributed by atoms with Gasteiger partial charge in [0.25, 0.3) is 0 Å². The van der Waals surface area contributed by atoms with Crippen LogP contribution < -0.4 is 0 Å². The van der Waals surface area contributed by atoms with E-state index in [2.05, 4.69) is 20.8 Å². The fourth-order valence-electron chi connectivity index (χ4n) is 1.43. The first-order chi connectivity index (χ1) is 9.24. The van der Waals surface area contributed by atoms with Gasteiger partial charge >= 0.3 is 14.0 Å². The van der Waals surface area contributed by atoms with E-state index in [1.807, 2.05) is 0 Å². The van der Waals surface area contributed by atoms with Crippen molar-refractivity contribution in [1.82, 2.24) is 0 Å². The lowest BCUT2D eigenvalue weighted by atomic mass is 10.3. The standard InChI is InChI=1S/C14H29O4P/c1-4-7-10-16-13-14(19-15,17-11-8-5-2)18-12-9-6-3/h4-13H2,1-3H3/p+1. The Kier molecular flexibility index (Phi) is 13.0. The summed E-state index contributed by atoms with van der Waals surface area (Å²) in [5, 5.41) is 0. The van der Waals surface area contributed by atoms with E-state index in [1.165, 1.54) is 0 Å². The van der Waals surface area contributed by atoms with Crippen molar-refractivity contribution in [2.24, 2.45) is 0 Å². The van der Waals surface area contributed by atoms with Gasteiger partial charge in [-0.1, -0.05) is 44.6 Å². The highest BCUT2D eigenvalue weighted by molar-refractivity contribution is 7.25. The molecule has 1 atom stereocenters. The summed E-state index contributed by atoms with van der Waals surface area (Å²) in [5.74, 6) is 0. The number of rotatable bonds is 14.